The van der Waals surface area contributed by atoms with Gasteiger partial charge in [0.2, 0.25) is 5.91 Å². The lowest BCUT2D eigenvalue weighted by Gasteiger charge is -2.30. The number of rotatable bonds is 10. The van der Waals surface area contributed by atoms with Crippen molar-refractivity contribution in [2.24, 2.45) is 5.73 Å². The highest BCUT2D eigenvalue weighted by molar-refractivity contribution is 5.84. The maximum Gasteiger partial charge on any atom is 0.237 e. The van der Waals surface area contributed by atoms with E-state index in [0.29, 0.717) is 6.04 Å². The summed E-state index contributed by atoms with van der Waals surface area (Å²) in [5, 5.41) is 3.01. The van der Waals surface area contributed by atoms with Crippen molar-refractivity contribution < 1.29 is 9.53 Å². The van der Waals surface area contributed by atoms with Gasteiger partial charge in [0.1, 0.15) is 0 Å². The number of carbonyl (C=O) groups excluding carboxylic acids is 1. The molecule has 0 aromatic rings. The van der Waals surface area contributed by atoms with Crippen LogP contribution in [0.4, 0.5) is 0 Å². The van der Waals surface area contributed by atoms with Crippen LogP contribution < -0.4 is 11.1 Å². The van der Waals surface area contributed by atoms with Gasteiger partial charge in [0, 0.05) is 13.2 Å². The van der Waals surface area contributed by atoms with Crippen molar-refractivity contribution in [2.45, 2.75) is 45.2 Å². The molecule has 108 valence electrons. The first-order valence-electron chi connectivity index (χ1n) is 6.63. The van der Waals surface area contributed by atoms with Crippen LogP contribution in [0.2, 0.25) is 0 Å². The fraction of sp³-hybridized carbons (Fsp3) is 0.923. The Morgan fingerprint density at radius 3 is 2.56 bits per heavy atom. The van der Waals surface area contributed by atoms with Gasteiger partial charge in [-0.25, -0.2) is 0 Å². The van der Waals surface area contributed by atoms with Gasteiger partial charge in [0.25, 0.3) is 0 Å². The fourth-order valence-corrected chi connectivity index (χ4v) is 2.04. The third-order valence-electron chi connectivity index (χ3n) is 3.66. The summed E-state index contributed by atoms with van der Waals surface area (Å²) in [5.41, 5.74) is 4.80. The Bertz CT molecular complexity index is 248. The molecule has 0 aromatic carbocycles. The Morgan fingerprint density at radius 2 is 2.17 bits per heavy atom. The highest BCUT2D eigenvalue weighted by Crippen LogP contribution is 2.12. The number of nitrogens with two attached hydrogens (primary N) is 1. The maximum atomic E-state index is 11.4. The summed E-state index contributed by atoms with van der Waals surface area (Å²) in [5.74, 6) is -0.294. The zero-order valence-electron chi connectivity index (χ0n) is 12.5. The predicted octanol–water partition coefficient (Wildman–Crippen LogP) is 0.587. The summed E-state index contributed by atoms with van der Waals surface area (Å²) < 4.78 is 5.16. The van der Waals surface area contributed by atoms with Gasteiger partial charge in [-0.15, -0.1) is 0 Å². The van der Waals surface area contributed by atoms with Crippen LogP contribution in [0.1, 0.15) is 33.6 Å². The van der Waals surface area contributed by atoms with E-state index in [1.807, 2.05) is 6.92 Å². The van der Waals surface area contributed by atoms with Crippen LogP contribution in [0.25, 0.3) is 0 Å². The van der Waals surface area contributed by atoms with Crippen LogP contribution in [0.3, 0.4) is 0 Å². The van der Waals surface area contributed by atoms with Gasteiger partial charge in [-0.1, -0.05) is 6.92 Å². The monoisotopic (exact) mass is 259 g/mol. The molecule has 0 aliphatic carbocycles. The van der Waals surface area contributed by atoms with Crippen molar-refractivity contribution >= 4 is 5.91 Å². The molecule has 18 heavy (non-hydrogen) atoms. The second kappa shape index (κ2) is 8.45. The lowest BCUT2D eigenvalue weighted by molar-refractivity contribution is -0.123. The molecular weight excluding hydrogens is 230 g/mol. The van der Waals surface area contributed by atoms with E-state index in [2.05, 4.69) is 24.1 Å². The Hall–Kier alpha value is -0.650. The van der Waals surface area contributed by atoms with Crippen LogP contribution in [-0.4, -0.2) is 56.2 Å². The summed E-state index contributed by atoms with van der Waals surface area (Å²) in [4.78, 5) is 13.7. The summed E-state index contributed by atoms with van der Waals surface area (Å²) in [6.07, 6.45) is 1.68. The van der Waals surface area contributed by atoms with E-state index in [0.717, 1.165) is 32.5 Å². The first-order chi connectivity index (χ1) is 8.41. The number of ether oxygens (including phenoxy) is 1. The van der Waals surface area contributed by atoms with Gasteiger partial charge < -0.3 is 15.8 Å². The summed E-state index contributed by atoms with van der Waals surface area (Å²) in [6, 6.07) is 0.398. The molecule has 0 spiro atoms. The summed E-state index contributed by atoms with van der Waals surface area (Å²) >= 11 is 0. The van der Waals surface area contributed by atoms with Crippen LogP contribution in [0.5, 0.6) is 0 Å². The second-order valence-corrected chi connectivity index (χ2v) is 4.98. The van der Waals surface area contributed by atoms with Crippen molar-refractivity contribution in [2.75, 3.05) is 33.9 Å². The zero-order valence-corrected chi connectivity index (χ0v) is 12.5. The minimum Gasteiger partial charge on any atom is -0.383 e. The summed E-state index contributed by atoms with van der Waals surface area (Å²) in [6.45, 7) is 8.80. The number of nitrogens with one attached hydrogen (secondary N) is 1. The van der Waals surface area contributed by atoms with Crippen molar-refractivity contribution in [1.82, 2.24) is 10.2 Å². The Labute approximate surface area is 111 Å². The molecule has 3 N–H and O–H groups in total. The number of amides is 1. The van der Waals surface area contributed by atoms with E-state index in [-0.39, 0.29) is 5.91 Å². The zero-order chi connectivity index (χ0) is 14.2. The number of primary amides is 1. The Kier molecular flexibility index (Phi) is 8.15. The topological polar surface area (TPSA) is 67.6 Å². The maximum absolute atomic E-state index is 11.4. The van der Waals surface area contributed by atoms with Crippen LogP contribution >= 0.6 is 0 Å². The first kappa shape index (κ1) is 17.4. The van der Waals surface area contributed by atoms with Gasteiger partial charge in [-0.05, 0) is 46.8 Å². The normalized spacial score (nSPS) is 16.6. The van der Waals surface area contributed by atoms with E-state index < -0.39 is 5.54 Å². The third kappa shape index (κ3) is 5.33. The largest absolute Gasteiger partial charge is 0.383 e. The van der Waals surface area contributed by atoms with E-state index in [9.17, 15) is 4.79 Å². The molecule has 1 amide bonds. The first-order valence-corrected chi connectivity index (χ1v) is 6.63. The molecule has 0 heterocycles. The summed E-state index contributed by atoms with van der Waals surface area (Å²) in [7, 11) is 3.49. The number of nitrogens with zero attached hydrogens (tertiary/aromatic N) is 1. The average Bonchev–Trinajstić information content (AvgIpc) is 2.34. The number of hydrogen-bond acceptors (Lipinski definition) is 4. The van der Waals surface area contributed by atoms with Crippen molar-refractivity contribution in [3.05, 3.63) is 0 Å². The van der Waals surface area contributed by atoms with E-state index >= 15 is 0 Å². The average molecular weight is 259 g/mol. The number of likely N-dealkylation sites (N-methyl/N-ethyl adjacent to an activating group) is 2. The van der Waals surface area contributed by atoms with Gasteiger partial charge in [-0.2, -0.15) is 0 Å². The highest BCUT2D eigenvalue weighted by atomic mass is 16.5. The molecule has 5 nitrogen and oxygen atoms in total. The molecule has 0 aliphatic heterocycles. The number of hydrogen-bond donors (Lipinski definition) is 2. The van der Waals surface area contributed by atoms with Crippen LogP contribution in [0.15, 0.2) is 0 Å². The smallest absolute Gasteiger partial charge is 0.237 e. The van der Waals surface area contributed by atoms with Crippen molar-refractivity contribution in [3.8, 4) is 0 Å². The molecule has 0 fully saturated rings. The molecular formula is C13H29N3O2. The number of methoxy groups -OCH3 is 1. The fourth-order valence-electron chi connectivity index (χ4n) is 2.04. The molecule has 0 saturated heterocycles. The predicted molar refractivity (Wildman–Crippen MR) is 74.5 cm³/mol. The standard InChI is InChI=1S/C13H29N3O2/c1-6-16(11(2)10-18-5)9-7-8-13(3,15-4)12(14)17/h11,15H,6-10H2,1-5H3,(H2,14,17). The minimum atomic E-state index is -0.607. The van der Waals surface area contributed by atoms with E-state index in [1.165, 1.54) is 0 Å². The molecule has 5 heteroatoms. The molecule has 0 aliphatic rings. The molecule has 0 aromatic heterocycles. The van der Waals surface area contributed by atoms with Crippen LogP contribution in [-0.2, 0) is 9.53 Å². The molecule has 0 bridgehead atoms. The molecule has 2 unspecified atom stereocenters. The second-order valence-electron chi connectivity index (χ2n) is 4.98. The SMILES string of the molecule is CCN(CCCC(C)(NC)C(N)=O)C(C)COC. The molecule has 0 rings (SSSR count). The van der Waals surface area contributed by atoms with Gasteiger partial charge in [0.05, 0.1) is 12.1 Å². The number of carbonyl (C=O) groups is 1. The Balaban J connectivity index is 4.18. The quantitative estimate of drug-likeness (QED) is 0.602. The van der Waals surface area contributed by atoms with Crippen molar-refractivity contribution in [1.29, 1.82) is 0 Å². The Morgan fingerprint density at radius 1 is 1.56 bits per heavy atom. The van der Waals surface area contributed by atoms with Crippen LogP contribution in [0, 0.1) is 0 Å². The van der Waals surface area contributed by atoms with Gasteiger partial charge in [-0.3, -0.25) is 9.69 Å². The molecule has 2 atom stereocenters. The van der Waals surface area contributed by atoms with Crippen molar-refractivity contribution in [3.63, 3.8) is 0 Å². The molecule has 0 radical (unpaired) electrons. The third-order valence-corrected chi connectivity index (χ3v) is 3.66. The molecule has 0 saturated carbocycles. The van der Waals surface area contributed by atoms with E-state index in [1.54, 1.807) is 14.2 Å². The van der Waals surface area contributed by atoms with Gasteiger partial charge >= 0.3 is 0 Å². The lowest BCUT2D eigenvalue weighted by atomic mass is 9.95. The van der Waals surface area contributed by atoms with E-state index in [4.69, 9.17) is 10.5 Å². The minimum absolute atomic E-state index is 0.294. The highest BCUT2D eigenvalue weighted by Gasteiger charge is 2.28. The van der Waals surface area contributed by atoms with Gasteiger partial charge in [0.15, 0.2) is 0 Å². The lowest BCUT2D eigenvalue weighted by Crippen LogP contribution is -2.51.